The monoisotopic (exact) mass is 297 g/mol. The van der Waals surface area contributed by atoms with Crippen molar-refractivity contribution in [1.82, 2.24) is 4.31 Å². The zero-order valence-corrected chi connectivity index (χ0v) is 12.6. The number of nitriles is 1. The van der Waals surface area contributed by atoms with Crippen molar-refractivity contribution in [3.05, 3.63) is 18.2 Å². The number of sulfonamides is 1. The fraction of sp³-hybridized carbons (Fsp3) is 0.462. The molecule has 1 aromatic carbocycles. The molecule has 1 aromatic rings. The van der Waals surface area contributed by atoms with Crippen LogP contribution in [0.1, 0.15) is 20.3 Å². The molecule has 7 heteroatoms. The predicted octanol–water partition coefficient (Wildman–Crippen LogP) is 1.59. The third kappa shape index (κ3) is 3.40. The van der Waals surface area contributed by atoms with Crippen LogP contribution in [0.5, 0.6) is 5.75 Å². The molecule has 0 unspecified atom stereocenters. The van der Waals surface area contributed by atoms with Gasteiger partial charge in [-0.2, -0.15) is 9.57 Å². The second kappa shape index (κ2) is 6.59. The van der Waals surface area contributed by atoms with Crippen molar-refractivity contribution < 1.29 is 13.2 Å². The van der Waals surface area contributed by atoms with E-state index in [1.165, 1.54) is 23.5 Å². The second-order valence-electron chi connectivity index (χ2n) is 4.53. The summed E-state index contributed by atoms with van der Waals surface area (Å²) >= 11 is 0. The molecule has 6 nitrogen and oxygen atoms in total. The van der Waals surface area contributed by atoms with E-state index in [0.29, 0.717) is 5.69 Å². The average molecular weight is 297 g/mol. The Morgan fingerprint density at radius 1 is 1.45 bits per heavy atom. The van der Waals surface area contributed by atoms with Crippen LogP contribution in [0.2, 0.25) is 0 Å². The number of hydrogen-bond donors (Lipinski definition) is 1. The summed E-state index contributed by atoms with van der Waals surface area (Å²) in [6, 6.07) is 6.16. The molecule has 110 valence electrons. The molecule has 0 spiro atoms. The van der Waals surface area contributed by atoms with Crippen molar-refractivity contribution in [2.45, 2.75) is 31.2 Å². The average Bonchev–Trinajstić information content (AvgIpc) is 2.38. The van der Waals surface area contributed by atoms with Gasteiger partial charge >= 0.3 is 0 Å². The van der Waals surface area contributed by atoms with Gasteiger partial charge in [-0.15, -0.1) is 0 Å². The minimum absolute atomic E-state index is 0.0200. The van der Waals surface area contributed by atoms with Crippen LogP contribution in [0, 0.1) is 11.3 Å². The number of nitrogens with zero attached hydrogens (tertiary/aromatic N) is 2. The molecule has 0 aromatic heterocycles. The third-order valence-electron chi connectivity index (χ3n) is 2.79. The quantitative estimate of drug-likeness (QED) is 0.804. The van der Waals surface area contributed by atoms with Gasteiger partial charge in [0.1, 0.15) is 10.6 Å². The fourth-order valence-corrected chi connectivity index (χ4v) is 3.67. The first-order chi connectivity index (χ1) is 9.34. The molecule has 0 amide bonds. The molecule has 0 aliphatic rings. The minimum Gasteiger partial charge on any atom is -0.495 e. The number of ether oxygens (including phenoxy) is 1. The van der Waals surface area contributed by atoms with E-state index in [1.54, 1.807) is 19.9 Å². The lowest BCUT2D eigenvalue weighted by Crippen LogP contribution is -2.37. The van der Waals surface area contributed by atoms with Crippen molar-refractivity contribution in [1.29, 1.82) is 5.26 Å². The summed E-state index contributed by atoms with van der Waals surface area (Å²) in [6.07, 6.45) is 0.127. The SMILES string of the molecule is COc1ccc(N)cc1S(=O)(=O)N(CCC#N)C(C)C. The number of benzene rings is 1. The second-order valence-corrected chi connectivity index (χ2v) is 6.39. The highest BCUT2D eigenvalue weighted by molar-refractivity contribution is 7.89. The maximum absolute atomic E-state index is 12.7. The molecule has 1 rings (SSSR count). The van der Waals surface area contributed by atoms with E-state index in [4.69, 9.17) is 15.7 Å². The van der Waals surface area contributed by atoms with Gasteiger partial charge in [0.2, 0.25) is 10.0 Å². The molecule has 0 bridgehead atoms. The summed E-state index contributed by atoms with van der Waals surface area (Å²) in [7, 11) is -2.36. The van der Waals surface area contributed by atoms with Crippen molar-refractivity contribution in [3.63, 3.8) is 0 Å². The van der Waals surface area contributed by atoms with Gasteiger partial charge in [-0.1, -0.05) is 0 Å². The lowest BCUT2D eigenvalue weighted by atomic mass is 10.3. The maximum Gasteiger partial charge on any atom is 0.247 e. The van der Waals surface area contributed by atoms with Gasteiger partial charge in [0, 0.05) is 24.7 Å². The van der Waals surface area contributed by atoms with Crippen LogP contribution in [0.3, 0.4) is 0 Å². The van der Waals surface area contributed by atoms with Crippen LogP contribution < -0.4 is 10.5 Å². The Labute approximate surface area is 119 Å². The van der Waals surface area contributed by atoms with E-state index in [0.717, 1.165) is 0 Å². The van der Waals surface area contributed by atoms with Crippen molar-refractivity contribution in [3.8, 4) is 11.8 Å². The topological polar surface area (TPSA) is 96.4 Å². The number of hydrogen-bond acceptors (Lipinski definition) is 5. The fourth-order valence-electron chi connectivity index (χ4n) is 1.84. The first kappa shape index (κ1) is 16.3. The molecule has 20 heavy (non-hydrogen) atoms. The van der Waals surface area contributed by atoms with Crippen LogP contribution in [-0.4, -0.2) is 32.4 Å². The normalized spacial score (nSPS) is 11.6. The Morgan fingerprint density at radius 3 is 2.60 bits per heavy atom. The molecule has 0 heterocycles. The lowest BCUT2D eigenvalue weighted by Gasteiger charge is -2.25. The first-order valence-electron chi connectivity index (χ1n) is 6.17. The molecule has 0 radical (unpaired) electrons. The highest BCUT2D eigenvalue weighted by atomic mass is 32.2. The van der Waals surface area contributed by atoms with E-state index in [2.05, 4.69) is 0 Å². The van der Waals surface area contributed by atoms with E-state index < -0.39 is 10.0 Å². The van der Waals surface area contributed by atoms with Crippen molar-refractivity contribution in [2.75, 3.05) is 19.4 Å². The molecule has 0 fully saturated rings. The lowest BCUT2D eigenvalue weighted by molar-refractivity contribution is 0.354. The standard InChI is InChI=1S/C13H19N3O3S/c1-10(2)16(8-4-7-14)20(17,18)13-9-11(15)5-6-12(13)19-3/h5-6,9-10H,4,8,15H2,1-3H3. The molecule has 2 N–H and O–H groups in total. The summed E-state index contributed by atoms with van der Waals surface area (Å²) in [4.78, 5) is 0.0200. The minimum atomic E-state index is -3.76. The molecule has 0 aliphatic carbocycles. The van der Waals surface area contributed by atoms with Gasteiger partial charge < -0.3 is 10.5 Å². The third-order valence-corrected chi connectivity index (χ3v) is 4.89. The van der Waals surface area contributed by atoms with Crippen LogP contribution >= 0.6 is 0 Å². The van der Waals surface area contributed by atoms with Gasteiger partial charge in [0.15, 0.2) is 0 Å². The highest BCUT2D eigenvalue weighted by Crippen LogP contribution is 2.29. The zero-order valence-electron chi connectivity index (χ0n) is 11.8. The van der Waals surface area contributed by atoms with Crippen LogP contribution in [0.4, 0.5) is 5.69 Å². The molecule has 0 saturated carbocycles. The van der Waals surface area contributed by atoms with Crippen LogP contribution in [0.25, 0.3) is 0 Å². The van der Waals surface area contributed by atoms with E-state index >= 15 is 0 Å². The molecular formula is C13H19N3O3S. The molecule has 0 atom stereocenters. The van der Waals surface area contributed by atoms with Crippen molar-refractivity contribution in [2.24, 2.45) is 0 Å². The van der Waals surface area contributed by atoms with Gasteiger partial charge in [0.25, 0.3) is 0 Å². The highest BCUT2D eigenvalue weighted by Gasteiger charge is 2.29. The molecule has 0 saturated heterocycles. The number of anilines is 1. The maximum atomic E-state index is 12.7. The number of methoxy groups -OCH3 is 1. The Bertz CT molecular complexity index is 606. The Morgan fingerprint density at radius 2 is 2.10 bits per heavy atom. The van der Waals surface area contributed by atoms with Gasteiger partial charge in [-0.05, 0) is 32.0 Å². The van der Waals surface area contributed by atoms with Gasteiger partial charge in [-0.25, -0.2) is 8.42 Å². The van der Waals surface area contributed by atoms with Crippen LogP contribution in [-0.2, 0) is 10.0 Å². The van der Waals surface area contributed by atoms with Crippen LogP contribution in [0.15, 0.2) is 23.1 Å². The first-order valence-corrected chi connectivity index (χ1v) is 7.61. The van der Waals surface area contributed by atoms with E-state index in [-0.39, 0.29) is 29.7 Å². The zero-order chi connectivity index (χ0) is 15.3. The Hall–Kier alpha value is -1.78. The Balaban J connectivity index is 3.33. The van der Waals surface area contributed by atoms with Gasteiger partial charge in [-0.3, -0.25) is 0 Å². The summed E-state index contributed by atoms with van der Waals surface area (Å²) in [5, 5.41) is 8.66. The summed E-state index contributed by atoms with van der Waals surface area (Å²) in [5.41, 5.74) is 6.01. The smallest absolute Gasteiger partial charge is 0.247 e. The summed E-state index contributed by atoms with van der Waals surface area (Å²) in [5.74, 6) is 0.238. The summed E-state index contributed by atoms with van der Waals surface area (Å²) in [6.45, 7) is 3.65. The predicted molar refractivity (Wildman–Crippen MR) is 76.7 cm³/mol. The van der Waals surface area contributed by atoms with E-state index in [1.807, 2.05) is 6.07 Å². The van der Waals surface area contributed by atoms with Crippen molar-refractivity contribution >= 4 is 15.7 Å². The molecule has 0 aliphatic heterocycles. The number of rotatable bonds is 6. The van der Waals surface area contributed by atoms with E-state index in [9.17, 15) is 8.42 Å². The summed E-state index contributed by atoms with van der Waals surface area (Å²) < 4.78 is 31.8. The Kier molecular flexibility index (Phi) is 5.36. The molecular weight excluding hydrogens is 278 g/mol. The van der Waals surface area contributed by atoms with Gasteiger partial charge in [0.05, 0.1) is 13.2 Å². The number of nitrogen functional groups attached to an aromatic ring is 1. The largest absolute Gasteiger partial charge is 0.495 e. The number of nitrogens with two attached hydrogens (primary N) is 1.